The molecule has 0 saturated carbocycles. The van der Waals surface area contributed by atoms with Crippen LogP contribution in [0.15, 0.2) is 41.1 Å². The number of hydrogen-bond donors (Lipinski definition) is 1. The fourth-order valence-electron chi connectivity index (χ4n) is 2.56. The van der Waals surface area contributed by atoms with Crippen LogP contribution in [0.25, 0.3) is 0 Å². The Hall–Kier alpha value is -1.69. The molecule has 1 N–H and O–H groups in total. The first-order valence-electron chi connectivity index (χ1n) is 6.69. The van der Waals surface area contributed by atoms with E-state index in [1.807, 2.05) is 11.0 Å². The molecule has 0 bridgehead atoms. The summed E-state index contributed by atoms with van der Waals surface area (Å²) in [6, 6.07) is 5.87. The minimum atomic E-state index is -0.551. The van der Waals surface area contributed by atoms with Gasteiger partial charge in [0, 0.05) is 35.9 Å². The van der Waals surface area contributed by atoms with Crippen molar-refractivity contribution in [1.29, 1.82) is 0 Å². The standard InChI is InChI=1S/C15H14BrF2N3/c16-10-5-13(8-19-7-10)20-12-3-4-21(9-12)15-2-1-11(17)6-14(15)18/h1-2,5-8,12,20H,3-4,9H2. The van der Waals surface area contributed by atoms with Gasteiger partial charge in [-0.15, -0.1) is 0 Å². The smallest absolute Gasteiger partial charge is 0.149 e. The van der Waals surface area contributed by atoms with Gasteiger partial charge in [0.25, 0.3) is 0 Å². The molecule has 0 radical (unpaired) electrons. The average Bonchev–Trinajstić information content (AvgIpc) is 2.87. The van der Waals surface area contributed by atoms with Crippen LogP contribution in [0.2, 0.25) is 0 Å². The number of rotatable bonds is 3. The summed E-state index contributed by atoms with van der Waals surface area (Å²) in [6.45, 7) is 1.41. The van der Waals surface area contributed by atoms with Crippen LogP contribution in [0.3, 0.4) is 0 Å². The number of benzene rings is 1. The van der Waals surface area contributed by atoms with Crippen molar-refractivity contribution in [3.8, 4) is 0 Å². The normalized spacial score (nSPS) is 18.0. The van der Waals surface area contributed by atoms with Crippen LogP contribution in [0.4, 0.5) is 20.2 Å². The molecule has 2 aromatic rings. The second-order valence-electron chi connectivity index (χ2n) is 5.06. The minimum Gasteiger partial charge on any atom is -0.379 e. The number of pyridine rings is 1. The number of halogens is 3. The Kier molecular flexibility index (Phi) is 4.05. The van der Waals surface area contributed by atoms with Crippen LogP contribution in [0.5, 0.6) is 0 Å². The average molecular weight is 354 g/mol. The third-order valence-corrected chi connectivity index (χ3v) is 3.95. The Bertz CT molecular complexity index is 651. The van der Waals surface area contributed by atoms with Crippen molar-refractivity contribution in [1.82, 2.24) is 4.98 Å². The Morgan fingerprint density at radius 1 is 1.24 bits per heavy atom. The predicted molar refractivity (Wildman–Crippen MR) is 82.5 cm³/mol. The molecule has 0 aliphatic carbocycles. The molecular formula is C15H14BrF2N3. The molecule has 1 aliphatic heterocycles. The number of aromatic nitrogens is 1. The second-order valence-corrected chi connectivity index (χ2v) is 5.98. The molecule has 3 nitrogen and oxygen atoms in total. The first-order valence-corrected chi connectivity index (χ1v) is 7.48. The zero-order valence-electron chi connectivity index (χ0n) is 11.2. The van der Waals surface area contributed by atoms with E-state index < -0.39 is 11.6 Å². The molecule has 1 saturated heterocycles. The zero-order chi connectivity index (χ0) is 14.8. The van der Waals surface area contributed by atoms with Crippen molar-refractivity contribution in [3.05, 3.63) is 52.8 Å². The lowest BCUT2D eigenvalue weighted by atomic mass is 10.2. The maximum atomic E-state index is 13.8. The minimum absolute atomic E-state index is 0.213. The summed E-state index contributed by atoms with van der Waals surface area (Å²) >= 11 is 3.38. The molecule has 2 heterocycles. The third-order valence-electron chi connectivity index (χ3n) is 3.51. The predicted octanol–water partition coefficient (Wildman–Crippen LogP) is 3.81. The van der Waals surface area contributed by atoms with Crippen molar-refractivity contribution < 1.29 is 8.78 Å². The summed E-state index contributed by atoms with van der Waals surface area (Å²) in [7, 11) is 0. The molecule has 0 spiro atoms. The maximum absolute atomic E-state index is 13.8. The molecule has 6 heteroatoms. The van der Waals surface area contributed by atoms with Crippen molar-refractivity contribution in [3.63, 3.8) is 0 Å². The summed E-state index contributed by atoms with van der Waals surface area (Å²) in [5.74, 6) is -1.06. The lowest BCUT2D eigenvalue weighted by Gasteiger charge is -2.20. The molecular weight excluding hydrogens is 340 g/mol. The fourth-order valence-corrected chi connectivity index (χ4v) is 2.93. The monoisotopic (exact) mass is 353 g/mol. The first-order chi connectivity index (χ1) is 10.1. The molecule has 1 aromatic heterocycles. The van der Waals surface area contributed by atoms with Gasteiger partial charge < -0.3 is 10.2 Å². The molecule has 21 heavy (non-hydrogen) atoms. The van der Waals surface area contributed by atoms with Gasteiger partial charge in [0.1, 0.15) is 11.6 Å². The van der Waals surface area contributed by atoms with Crippen LogP contribution in [0, 0.1) is 11.6 Å². The van der Waals surface area contributed by atoms with Crippen LogP contribution in [-0.2, 0) is 0 Å². The van der Waals surface area contributed by atoms with Gasteiger partial charge >= 0.3 is 0 Å². The van der Waals surface area contributed by atoms with Crippen molar-refractivity contribution in [2.24, 2.45) is 0 Å². The van der Waals surface area contributed by atoms with Crippen molar-refractivity contribution in [2.75, 3.05) is 23.3 Å². The van der Waals surface area contributed by atoms with Gasteiger partial charge in [-0.1, -0.05) is 0 Å². The van der Waals surface area contributed by atoms with E-state index in [9.17, 15) is 8.78 Å². The van der Waals surface area contributed by atoms with Crippen LogP contribution in [-0.4, -0.2) is 24.1 Å². The summed E-state index contributed by atoms with van der Waals surface area (Å²) in [6.07, 6.45) is 4.37. The molecule has 1 fully saturated rings. The highest BCUT2D eigenvalue weighted by Crippen LogP contribution is 2.26. The number of hydrogen-bond acceptors (Lipinski definition) is 3. The topological polar surface area (TPSA) is 28.2 Å². The van der Waals surface area contributed by atoms with Gasteiger partial charge in [-0.05, 0) is 40.5 Å². The summed E-state index contributed by atoms with van der Waals surface area (Å²) in [5, 5.41) is 3.38. The maximum Gasteiger partial charge on any atom is 0.149 e. The number of nitrogens with one attached hydrogen (secondary N) is 1. The SMILES string of the molecule is Fc1ccc(N2CCC(Nc3cncc(Br)c3)C2)c(F)c1. The molecule has 1 aromatic carbocycles. The number of nitrogens with zero attached hydrogens (tertiary/aromatic N) is 2. The molecule has 110 valence electrons. The lowest BCUT2D eigenvalue weighted by Crippen LogP contribution is -2.26. The largest absolute Gasteiger partial charge is 0.379 e. The van der Waals surface area contributed by atoms with E-state index in [4.69, 9.17) is 0 Å². The Labute approximate surface area is 130 Å². The Morgan fingerprint density at radius 2 is 2.10 bits per heavy atom. The number of anilines is 2. The van der Waals surface area contributed by atoms with Gasteiger partial charge in [0.15, 0.2) is 0 Å². The second kappa shape index (κ2) is 5.97. The van der Waals surface area contributed by atoms with Gasteiger partial charge in [0.05, 0.1) is 17.6 Å². The highest BCUT2D eigenvalue weighted by atomic mass is 79.9. The van der Waals surface area contributed by atoms with E-state index in [1.54, 1.807) is 12.4 Å². The lowest BCUT2D eigenvalue weighted by molar-refractivity contribution is 0.581. The van der Waals surface area contributed by atoms with Gasteiger partial charge in [-0.3, -0.25) is 4.98 Å². The van der Waals surface area contributed by atoms with Crippen LogP contribution >= 0.6 is 15.9 Å². The van der Waals surface area contributed by atoms with Crippen molar-refractivity contribution >= 4 is 27.3 Å². The summed E-state index contributed by atoms with van der Waals surface area (Å²) < 4.78 is 27.7. The van der Waals surface area contributed by atoms with Gasteiger partial charge in [-0.25, -0.2) is 8.78 Å². The molecule has 0 amide bonds. The molecule has 1 aliphatic rings. The fraction of sp³-hybridized carbons (Fsp3) is 0.267. The highest BCUT2D eigenvalue weighted by molar-refractivity contribution is 9.10. The van der Waals surface area contributed by atoms with E-state index in [2.05, 4.69) is 26.2 Å². The van der Waals surface area contributed by atoms with E-state index in [0.29, 0.717) is 12.2 Å². The van der Waals surface area contributed by atoms with E-state index >= 15 is 0 Å². The van der Waals surface area contributed by atoms with Crippen LogP contribution in [0.1, 0.15) is 6.42 Å². The summed E-state index contributed by atoms with van der Waals surface area (Å²) in [5.41, 5.74) is 1.38. The first kappa shape index (κ1) is 14.3. The molecule has 1 unspecified atom stereocenters. The summed E-state index contributed by atoms with van der Waals surface area (Å²) in [4.78, 5) is 6.03. The van der Waals surface area contributed by atoms with Gasteiger partial charge in [-0.2, -0.15) is 0 Å². The van der Waals surface area contributed by atoms with E-state index in [0.717, 1.165) is 29.2 Å². The quantitative estimate of drug-likeness (QED) is 0.909. The van der Waals surface area contributed by atoms with Crippen LogP contribution < -0.4 is 10.2 Å². The Balaban J connectivity index is 1.68. The molecule has 3 rings (SSSR count). The van der Waals surface area contributed by atoms with E-state index in [1.165, 1.54) is 12.1 Å². The third kappa shape index (κ3) is 3.32. The van der Waals surface area contributed by atoms with Gasteiger partial charge in [0.2, 0.25) is 0 Å². The molecule has 1 atom stereocenters. The van der Waals surface area contributed by atoms with Crippen molar-refractivity contribution in [2.45, 2.75) is 12.5 Å². The van der Waals surface area contributed by atoms with E-state index in [-0.39, 0.29) is 6.04 Å². The Morgan fingerprint density at radius 3 is 2.86 bits per heavy atom. The highest BCUT2D eigenvalue weighted by Gasteiger charge is 2.24. The zero-order valence-corrected chi connectivity index (χ0v) is 12.8.